The highest BCUT2D eigenvalue weighted by Crippen LogP contribution is 2.29. The second-order valence-corrected chi connectivity index (χ2v) is 5.18. The highest BCUT2D eigenvalue weighted by atomic mass is 79.9. The van der Waals surface area contributed by atoms with Crippen molar-refractivity contribution in [2.24, 2.45) is 0 Å². The smallest absolute Gasteiger partial charge is 0.120 e. The van der Waals surface area contributed by atoms with Gasteiger partial charge in [0.2, 0.25) is 0 Å². The lowest BCUT2D eigenvalue weighted by Crippen LogP contribution is -2.03. The van der Waals surface area contributed by atoms with Crippen LogP contribution in [0, 0.1) is 0 Å². The number of hydrogen-bond acceptors (Lipinski definition) is 2. The summed E-state index contributed by atoms with van der Waals surface area (Å²) in [4.78, 5) is 0. The Bertz CT molecular complexity index is 526. The van der Waals surface area contributed by atoms with Crippen LogP contribution in [0.1, 0.15) is 24.2 Å². The summed E-state index contributed by atoms with van der Waals surface area (Å²) in [6, 6.07) is 15.7. The van der Waals surface area contributed by atoms with E-state index in [-0.39, 0.29) is 0 Å². The van der Waals surface area contributed by atoms with Crippen molar-refractivity contribution < 1.29 is 9.84 Å². The highest BCUT2D eigenvalue weighted by molar-refractivity contribution is 9.10. The summed E-state index contributed by atoms with van der Waals surface area (Å²) >= 11 is 3.49. The first-order valence-electron chi connectivity index (χ1n) is 6.35. The molecule has 0 aliphatic carbocycles. The lowest BCUT2D eigenvalue weighted by Gasteiger charge is -2.14. The Balaban J connectivity index is 2.13. The molecule has 2 aromatic carbocycles. The van der Waals surface area contributed by atoms with Crippen LogP contribution in [0.5, 0.6) is 5.75 Å². The molecule has 1 atom stereocenters. The Hall–Kier alpha value is -1.32. The average molecular weight is 321 g/mol. The van der Waals surface area contributed by atoms with Crippen LogP contribution < -0.4 is 4.74 Å². The number of rotatable bonds is 5. The summed E-state index contributed by atoms with van der Waals surface area (Å²) in [5.41, 5.74) is 2.00. The zero-order valence-corrected chi connectivity index (χ0v) is 12.4. The lowest BCUT2D eigenvalue weighted by atomic mass is 10.0. The number of aliphatic hydroxyl groups is 1. The summed E-state index contributed by atoms with van der Waals surface area (Å²) in [5, 5.41) is 10.3. The Morgan fingerprint density at radius 3 is 2.53 bits per heavy atom. The van der Waals surface area contributed by atoms with E-state index in [9.17, 15) is 5.11 Å². The molecule has 0 aliphatic rings. The molecule has 0 bridgehead atoms. The molecule has 2 nitrogen and oxygen atoms in total. The minimum absolute atomic E-state index is 0.521. The van der Waals surface area contributed by atoms with Gasteiger partial charge < -0.3 is 9.84 Å². The summed E-state index contributed by atoms with van der Waals surface area (Å²) in [6.45, 7) is 2.59. The van der Waals surface area contributed by atoms with Crippen LogP contribution in [0.3, 0.4) is 0 Å². The van der Waals surface area contributed by atoms with Crippen molar-refractivity contribution in [3.8, 4) is 5.75 Å². The van der Waals surface area contributed by atoms with E-state index < -0.39 is 6.10 Å². The fourth-order valence-electron chi connectivity index (χ4n) is 1.98. The van der Waals surface area contributed by atoms with Crippen LogP contribution in [0.15, 0.2) is 53.0 Å². The first-order valence-corrected chi connectivity index (χ1v) is 7.14. The predicted molar refractivity (Wildman–Crippen MR) is 80.4 cm³/mol. The molecule has 1 unspecified atom stereocenters. The Kier molecular flexibility index (Phi) is 5.00. The van der Waals surface area contributed by atoms with Crippen LogP contribution in [0.25, 0.3) is 0 Å². The average Bonchev–Trinajstić information content (AvgIpc) is 2.40. The van der Waals surface area contributed by atoms with Crippen molar-refractivity contribution in [1.82, 2.24) is 0 Å². The van der Waals surface area contributed by atoms with Gasteiger partial charge in [-0.25, -0.2) is 0 Å². The van der Waals surface area contributed by atoms with Gasteiger partial charge >= 0.3 is 0 Å². The van der Waals surface area contributed by atoms with Gasteiger partial charge in [-0.05, 0) is 30.2 Å². The summed E-state index contributed by atoms with van der Waals surface area (Å²) in [5.74, 6) is 0.810. The maximum atomic E-state index is 10.3. The number of halogens is 1. The molecular formula is C16H17BrO2. The number of aliphatic hydroxyl groups excluding tert-OH is 1. The minimum atomic E-state index is -0.521. The third-order valence-electron chi connectivity index (χ3n) is 2.91. The lowest BCUT2D eigenvalue weighted by molar-refractivity contribution is 0.177. The van der Waals surface area contributed by atoms with Crippen molar-refractivity contribution in [3.05, 3.63) is 64.1 Å². The second-order valence-electron chi connectivity index (χ2n) is 4.32. The molecule has 2 rings (SSSR count). The van der Waals surface area contributed by atoms with Crippen molar-refractivity contribution in [3.63, 3.8) is 0 Å². The van der Waals surface area contributed by atoms with E-state index in [0.29, 0.717) is 13.0 Å². The van der Waals surface area contributed by atoms with Gasteiger partial charge in [0.15, 0.2) is 0 Å². The van der Waals surface area contributed by atoms with E-state index in [1.165, 1.54) is 0 Å². The Morgan fingerprint density at radius 2 is 1.89 bits per heavy atom. The van der Waals surface area contributed by atoms with Crippen molar-refractivity contribution in [2.75, 3.05) is 6.61 Å². The first-order chi connectivity index (χ1) is 9.20. The van der Waals surface area contributed by atoms with Gasteiger partial charge in [-0.2, -0.15) is 0 Å². The van der Waals surface area contributed by atoms with Gasteiger partial charge in [-0.15, -0.1) is 0 Å². The van der Waals surface area contributed by atoms with Crippen molar-refractivity contribution in [2.45, 2.75) is 19.4 Å². The molecule has 0 aliphatic heterocycles. The third-order valence-corrected chi connectivity index (χ3v) is 3.60. The molecule has 19 heavy (non-hydrogen) atoms. The third kappa shape index (κ3) is 3.82. The molecule has 3 heteroatoms. The second kappa shape index (κ2) is 6.73. The monoisotopic (exact) mass is 320 g/mol. The molecule has 100 valence electrons. The Morgan fingerprint density at radius 1 is 1.16 bits per heavy atom. The molecule has 1 N–H and O–H groups in total. The Labute approximate surface area is 122 Å². The normalized spacial score (nSPS) is 12.2. The maximum Gasteiger partial charge on any atom is 0.120 e. The molecule has 2 aromatic rings. The van der Waals surface area contributed by atoms with Crippen LogP contribution in [0.2, 0.25) is 0 Å². The molecule has 0 saturated carbocycles. The zero-order valence-electron chi connectivity index (χ0n) is 10.8. The standard InChI is InChI=1S/C16H17BrO2/c1-2-19-13-8-9-14(15(17)11-13)16(18)10-12-6-4-3-5-7-12/h3-9,11,16,18H,2,10H2,1H3. The van der Waals surface area contributed by atoms with Gasteiger partial charge in [-0.1, -0.05) is 52.3 Å². The van der Waals surface area contributed by atoms with E-state index in [1.807, 2.05) is 55.5 Å². The summed E-state index contributed by atoms with van der Waals surface area (Å²) < 4.78 is 6.30. The van der Waals surface area contributed by atoms with Crippen LogP contribution in [0.4, 0.5) is 0 Å². The van der Waals surface area contributed by atoms with Crippen molar-refractivity contribution in [1.29, 1.82) is 0 Å². The molecule has 0 amide bonds. The number of hydrogen-bond donors (Lipinski definition) is 1. The SMILES string of the molecule is CCOc1ccc(C(O)Cc2ccccc2)c(Br)c1. The molecule has 0 spiro atoms. The molecular weight excluding hydrogens is 304 g/mol. The number of ether oxygens (including phenoxy) is 1. The summed E-state index contributed by atoms with van der Waals surface area (Å²) in [7, 11) is 0. The van der Waals surface area contributed by atoms with E-state index in [4.69, 9.17) is 4.74 Å². The van der Waals surface area contributed by atoms with E-state index in [2.05, 4.69) is 15.9 Å². The number of benzene rings is 2. The fourth-order valence-corrected chi connectivity index (χ4v) is 2.60. The molecule has 0 aromatic heterocycles. The van der Waals surface area contributed by atoms with E-state index in [0.717, 1.165) is 21.3 Å². The molecule has 0 heterocycles. The summed E-state index contributed by atoms with van der Waals surface area (Å²) in [6.07, 6.45) is 0.0837. The highest BCUT2D eigenvalue weighted by Gasteiger charge is 2.12. The van der Waals surface area contributed by atoms with E-state index in [1.54, 1.807) is 0 Å². The molecule has 0 saturated heterocycles. The van der Waals surface area contributed by atoms with Gasteiger partial charge in [0.1, 0.15) is 5.75 Å². The zero-order chi connectivity index (χ0) is 13.7. The van der Waals surface area contributed by atoms with Crippen LogP contribution in [-0.2, 0) is 6.42 Å². The molecule has 0 fully saturated rings. The van der Waals surface area contributed by atoms with Crippen LogP contribution in [-0.4, -0.2) is 11.7 Å². The predicted octanol–water partition coefficient (Wildman–Crippen LogP) is 4.12. The van der Waals surface area contributed by atoms with Gasteiger partial charge in [0.25, 0.3) is 0 Å². The van der Waals surface area contributed by atoms with Gasteiger partial charge in [0.05, 0.1) is 12.7 Å². The van der Waals surface area contributed by atoms with Gasteiger partial charge in [0, 0.05) is 10.9 Å². The van der Waals surface area contributed by atoms with Crippen LogP contribution >= 0.6 is 15.9 Å². The fraction of sp³-hybridized carbons (Fsp3) is 0.250. The van der Waals surface area contributed by atoms with Crippen molar-refractivity contribution >= 4 is 15.9 Å². The first kappa shape index (κ1) is 14.1. The van der Waals surface area contributed by atoms with Gasteiger partial charge in [-0.3, -0.25) is 0 Å². The molecule has 0 radical (unpaired) electrons. The maximum absolute atomic E-state index is 10.3. The quantitative estimate of drug-likeness (QED) is 0.897. The minimum Gasteiger partial charge on any atom is -0.494 e. The topological polar surface area (TPSA) is 29.5 Å². The largest absolute Gasteiger partial charge is 0.494 e. The van der Waals surface area contributed by atoms with E-state index >= 15 is 0 Å².